The summed E-state index contributed by atoms with van der Waals surface area (Å²) in [6, 6.07) is 12.4. The molecule has 2 amide bonds. The first-order chi connectivity index (χ1) is 16.4. The second-order valence-electron chi connectivity index (χ2n) is 9.01. The number of hydroxylamine groups is 2. The maximum absolute atomic E-state index is 14.0. The number of likely N-dealkylation sites (tertiary alicyclic amines) is 1. The van der Waals surface area contributed by atoms with Gasteiger partial charge in [0.1, 0.15) is 12.4 Å². The van der Waals surface area contributed by atoms with Gasteiger partial charge in [-0.1, -0.05) is 36.0 Å². The van der Waals surface area contributed by atoms with Crippen LogP contribution in [0, 0.1) is 12.7 Å². The average molecular weight is 483 g/mol. The predicted octanol–water partition coefficient (Wildman–Crippen LogP) is 4.22. The van der Waals surface area contributed by atoms with Crippen molar-refractivity contribution in [2.75, 3.05) is 18.8 Å². The number of carbonyl (C=O) groups excluding carboxylic acids is 2. The van der Waals surface area contributed by atoms with Gasteiger partial charge in [-0.25, -0.2) is 14.4 Å². The quantitative estimate of drug-likeness (QED) is 0.533. The molecule has 3 aromatic rings. The van der Waals surface area contributed by atoms with Gasteiger partial charge in [0, 0.05) is 25.1 Å². The fourth-order valence-electron chi connectivity index (χ4n) is 4.78. The minimum Gasteiger partial charge on any atom is -0.342 e. The van der Waals surface area contributed by atoms with Crippen molar-refractivity contribution in [1.82, 2.24) is 19.9 Å². The molecule has 0 unspecified atom stereocenters. The number of carbonyl (C=O) groups is 2. The van der Waals surface area contributed by atoms with Gasteiger partial charge in [0.25, 0.3) is 0 Å². The Balaban J connectivity index is 1.16. The van der Waals surface area contributed by atoms with E-state index in [1.165, 1.54) is 22.9 Å². The molecule has 1 aromatic heterocycles. The zero-order chi connectivity index (χ0) is 23.7. The van der Waals surface area contributed by atoms with Crippen molar-refractivity contribution in [2.24, 2.45) is 0 Å². The van der Waals surface area contributed by atoms with Crippen molar-refractivity contribution < 1.29 is 18.8 Å². The van der Waals surface area contributed by atoms with Crippen LogP contribution >= 0.6 is 11.8 Å². The van der Waals surface area contributed by atoms with E-state index in [2.05, 4.69) is 9.97 Å². The summed E-state index contributed by atoms with van der Waals surface area (Å²) in [6.07, 6.45) is 2.40. The van der Waals surface area contributed by atoms with E-state index in [-0.39, 0.29) is 24.2 Å². The molecule has 2 aliphatic heterocycles. The van der Waals surface area contributed by atoms with Crippen LogP contribution in [0.2, 0.25) is 0 Å². The zero-order valence-electron chi connectivity index (χ0n) is 19.1. The van der Waals surface area contributed by atoms with Crippen LogP contribution in [0.1, 0.15) is 36.8 Å². The molecule has 0 atom stereocenters. The standard InChI is InChI=1S/C25H27FN4O3S/c1-17-6-7-20-21(14-17)28-24(27-20)34-16-23(32)29-12-10-25(11-13-29)9-8-22(31)30(25)33-15-18-4-2-3-5-19(18)26/h2-7,14H,8-13,15-16H2,1H3,(H,27,28). The third-order valence-corrected chi connectivity index (χ3v) is 7.62. The molecule has 7 nitrogen and oxygen atoms in total. The lowest BCUT2D eigenvalue weighted by atomic mass is 9.86. The summed E-state index contributed by atoms with van der Waals surface area (Å²) in [6.45, 7) is 3.16. The summed E-state index contributed by atoms with van der Waals surface area (Å²) in [5.41, 5.74) is 3.01. The molecule has 1 spiro atoms. The summed E-state index contributed by atoms with van der Waals surface area (Å²) in [7, 11) is 0. The van der Waals surface area contributed by atoms with E-state index in [9.17, 15) is 14.0 Å². The molecule has 9 heteroatoms. The Labute approximate surface area is 201 Å². The minimum atomic E-state index is -0.428. The third-order valence-electron chi connectivity index (χ3n) is 6.76. The lowest BCUT2D eigenvalue weighted by Crippen LogP contribution is -2.54. The molecule has 0 bridgehead atoms. The Kier molecular flexibility index (Phi) is 6.31. The second kappa shape index (κ2) is 9.38. The highest BCUT2D eigenvalue weighted by molar-refractivity contribution is 7.99. The van der Waals surface area contributed by atoms with Crippen molar-refractivity contribution in [2.45, 2.75) is 49.9 Å². The highest BCUT2D eigenvalue weighted by atomic mass is 32.2. The Hall–Kier alpha value is -2.91. The van der Waals surface area contributed by atoms with Crippen LogP contribution in [0.4, 0.5) is 4.39 Å². The van der Waals surface area contributed by atoms with Crippen LogP contribution in [0.3, 0.4) is 0 Å². The number of thioether (sulfide) groups is 1. The number of piperidine rings is 1. The first-order valence-corrected chi connectivity index (χ1v) is 12.5. The number of fused-ring (bicyclic) bond motifs is 1. The summed E-state index contributed by atoms with van der Waals surface area (Å²) in [5.74, 6) is -0.0646. The molecule has 2 fully saturated rings. The Bertz CT molecular complexity index is 1220. The molecule has 2 saturated heterocycles. The van der Waals surface area contributed by atoms with E-state index >= 15 is 0 Å². The fraction of sp³-hybridized carbons (Fsp3) is 0.400. The van der Waals surface area contributed by atoms with E-state index in [1.54, 1.807) is 18.2 Å². The smallest absolute Gasteiger partial charge is 0.246 e. The largest absolute Gasteiger partial charge is 0.342 e. The van der Waals surface area contributed by atoms with Gasteiger partial charge in [-0.05, 0) is 49.9 Å². The van der Waals surface area contributed by atoms with Gasteiger partial charge in [-0.3, -0.25) is 14.4 Å². The maximum atomic E-state index is 14.0. The molecule has 3 heterocycles. The van der Waals surface area contributed by atoms with Gasteiger partial charge in [-0.2, -0.15) is 0 Å². The monoisotopic (exact) mass is 482 g/mol. The Morgan fingerprint density at radius 3 is 2.79 bits per heavy atom. The Morgan fingerprint density at radius 1 is 1.21 bits per heavy atom. The number of hydrogen-bond acceptors (Lipinski definition) is 5. The number of halogens is 1. The van der Waals surface area contributed by atoms with Crippen molar-refractivity contribution in [3.05, 3.63) is 59.4 Å². The number of benzene rings is 2. The van der Waals surface area contributed by atoms with Crippen LogP contribution in [-0.2, 0) is 21.0 Å². The molecule has 0 aliphatic carbocycles. The van der Waals surface area contributed by atoms with E-state index in [4.69, 9.17) is 4.84 Å². The molecule has 2 aliphatic rings. The van der Waals surface area contributed by atoms with Crippen molar-refractivity contribution in [1.29, 1.82) is 0 Å². The van der Waals surface area contributed by atoms with Gasteiger partial charge in [0.2, 0.25) is 11.8 Å². The number of aryl methyl sites for hydroxylation is 1. The summed E-state index contributed by atoms with van der Waals surface area (Å²) in [4.78, 5) is 40.9. The van der Waals surface area contributed by atoms with Crippen LogP contribution in [0.25, 0.3) is 11.0 Å². The number of amides is 2. The Morgan fingerprint density at radius 2 is 2.00 bits per heavy atom. The molecular formula is C25H27FN4O3S. The molecule has 5 rings (SSSR count). The first kappa shape index (κ1) is 22.9. The van der Waals surface area contributed by atoms with Crippen LogP contribution in [0.15, 0.2) is 47.6 Å². The van der Waals surface area contributed by atoms with E-state index in [1.807, 2.05) is 30.0 Å². The maximum Gasteiger partial charge on any atom is 0.246 e. The lowest BCUT2D eigenvalue weighted by molar-refractivity contribution is -0.222. The van der Waals surface area contributed by atoms with Gasteiger partial charge < -0.3 is 9.88 Å². The number of hydrogen-bond donors (Lipinski definition) is 1. The van der Waals surface area contributed by atoms with Crippen LogP contribution in [0.5, 0.6) is 0 Å². The summed E-state index contributed by atoms with van der Waals surface area (Å²) >= 11 is 1.40. The molecular weight excluding hydrogens is 455 g/mol. The topological polar surface area (TPSA) is 78.5 Å². The molecule has 2 aromatic carbocycles. The number of rotatable bonds is 6. The van der Waals surface area contributed by atoms with Gasteiger partial charge in [0.05, 0.1) is 22.3 Å². The molecule has 0 radical (unpaired) electrons. The number of imidazole rings is 1. The SMILES string of the molecule is Cc1ccc2nc(SCC(=O)N3CCC4(CCC(=O)N4OCc4ccccc4F)CC3)[nH]c2c1. The number of nitrogens with zero attached hydrogens (tertiary/aromatic N) is 3. The zero-order valence-corrected chi connectivity index (χ0v) is 19.9. The summed E-state index contributed by atoms with van der Waals surface area (Å²) in [5, 5.41) is 2.20. The van der Waals surface area contributed by atoms with Gasteiger partial charge in [-0.15, -0.1) is 0 Å². The number of H-pyrrole nitrogens is 1. The van der Waals surface area contributed by atoms with Crippen LogP contribution < -0.4 is 0 Å². The molecule has 1 N–H and O–H groups in total. The number of nitrogens with one attached hydrogen (secondary N) is 1. The fourth-order valence-corrected chi connectivity index (χ4v) is 5.57. The first-order valence-electron chi connectivity index (χ1n) is 11.5. The van der Waals surface area contributed by atoms with E-state index in [0.29, 0.717) is 50.1 Å². The average Bonchev–Trinajstić information content (AvgIpc) is 3.37. The number of aromatic nitrogens is 2. The van der Waals surface area contributed by atoms with Gasteiger partial charge in [0.15, 0.2) is 5.16 Å². The van der Waals surface area contributed by atoms with E-state index < -0.39 is 5.54 Å². The molecule has 0 saturated carbocycles. The van der Waals surface area contributed by atoms with Crippen molar-refractivity contribution in [3.8, 4) is 0 Å². The second-order valence-corrected chi connectivity index (χ2v) is 9.97. The highest BCUT2D eigenvalue weighted by Crippen LogP contribution is 2.40. The van der Waals surface area contributed by atoms with Gasteiger partial charge >= 0.3 is 0 Å². The summed E-state index contributed by atoms with van der Waals surface area (Å²) < 4.78 is 14.0. The van der Waals surface area contributed by atoms with Crippen LogP contribution in [-0.4, -0.2) is 56.1 Å². The van der Waals surface area contributed by atoms with E-state index in [0.717, 1.165) is 21.8 Å². The molecule has 34 heavy (non-hydrogen) atoms. The highest BCUT2D eigenvalue weighted by Gasteiger charge is 2.48. The van der Waals surface area contributed by atoms with Crippen molar-refractivity contribution >= 4 is 34.6 Å². The normalized spacial score (nSPS) is 17.8. The molecule has 178 valence electrons. The lowest BCUT2D eigenvalue weighted by Gasteiger charge is -2.43. The third kappa shape index (κ3) is 4.54. The predicted molar refractivity (Wildman–Crippen MR) is 127 cm³/mol. The van der Waals surface area contributed by atoms with Crippen molar-refractivity contribution in [3.63, 3.8) is 0 Å². The minimum absolute atomic E-state index is 0.0104. The number of aromatic amines is 1.